The van der Waals surface area contributed by atoms with Crippen molar-refractivity contribution >= 4 is 6.09 Å². The fourth-order valence-corrected chi connectivity index (χ4v) is 0.401. The molecule has 0 radical (unpaired) electrons. The lowest BCUT2D eigenvalue weighted by Gasteiger charge is -2.15. The summed E-state index contributed by atoms with van der Waals surface area (Å²) < 4.78 is 4.40. The zero-order chi connectivity index (χ0) is 8.20. The summed E-state index contributed by atoms with van der Waals surface area (Å²) in [5, 5.41) is 9.10. The minimum absolute atomic E-state index is 0.166. The first kappa shape index (κ1) is 9.23. The van der Waals surface area contributed by atoms with Crippen molar-refractivity contribution in [2.24, 2.45) is 5.73 Å². The van der Waals surface area contributed by atoms with Gasteiger partial charge in [-0.1, -0.05) is 0 Å². The number of primary amides is 1. The summed E-state index contributed by atoms with van der Waals surface area (Å²) in [6, 6.07) is 0. The molecule has 0 saturated heterocycles. The maximum absolute atomic E-state index is 10.0. The highest BCUT2D eigenvalue weighted by Crippen LogP contribution is 2.06. The van der Waals surface area contributed by atoms with E-state index in [2.05, 4.69) is 10.5 Å². The largest absolute Gasteiger partial charge is 0.450 e. The van der Waals surface area contributed by atoms with Crippen molar-refractivity contribution < 1.29 is 14.6 Å². The van der Waals surface area contributed by atoms with Crippen molar-refractivity contribution in [3.63, 3.8) is 0 Å². The van der Waals surface area contributed by atoms with Crippen LogP contribution < -0.4 is 5.73 Å². The van der Waals surface area contributed by atoms with Crippen LogP contribution in [-0.4, -0.2) is 23.4 Å². The molecule has 60 valence electrons. The summed E-state index contributed by atoms with van der Waals surface area (Å²) >= 11 is 0. The van der Waals surface area contributed by atoms with E-state index in [4.69, 9.17) is 5.11 Å². The minimum atomic E-state index is -0.802. The Morgan fingerprint density at radius 2 is 2.20 bits per heavy atom. The molecule has 0 atom stereocenters. The van der Waals surface area contributed by atoms with E-state index in [0.717, 1.165) is 0 Å². The lowest BCUT2D eigenvalue weighted by atomic mass is 10.1. The number of aliphatic hydroxyl groups is 1. The van der Waals surface area contributed by atoms with E-state index in [1.54, 1.807) is 13.8 Å². The molecule has 4 nitrogen and oxygen atoms in total. The van der Waals surface area contributed by atoms with Crippen LogP contribution in [0.5, 0.6) is 0 Å². The van der Waals surface area contributed by atoms with Gasteiger partial charge in [0.05, 0.1) is 12.2 Å². The second-order valence-corrected chi connectivity index (χ2v) is 2.73. The fourth-order valence-electron chi connectivity index (χ4n) is 0.401. The highest BCUT2D eigenvalue weighted by atomic mass is 16.5. The molecule has 1 amide bonds. The minimum Gasteiger partial charge on any atom is -0.450 e. The maximum atomic E-state index is 10.0. The predicted molar refractivity (Wildman–Crippen MR) is 36.5 cm³/mol. The van der Waals surface area contributed by atoms with Gasteiger partial charge in [-0.05, 0) is 13.8 Å². The third-order valence-electron chi connectivity index (χ3n) is 0.958. The zero-order valence-corrected chi connectivity index (χ0v) is 6.26. The van der Waals surface area contributed by atoms with Gasteiger partial charge in [-0.25, -0.2) is 4.79 Å². The van der Waals surface area contributed by atoms with Crippen LogP contribution in [0.4, 0.5) is 4.79 Å². The van der Waals surface area contributed by atoms with Gasteiger partial charge in [0.1, 0.15) is 0 Å². The summed E-state index contributed by atoms with van der Waals surface area (Å²) in [4.78, 5) is 10.0. The van der Waals surface area contributed by atoms with Crippen molar-refractivity contribution in [1.82, 2.24) is 0 Å². The molecule has 0 fully saturated rings. The summed E-state index contributed by atoms with van der Waals surface area (Å²) in [6.45, 7) is 3.44. The average molecular weight is 147 g/mol. The molecule has 0 aliphatic heterocycles. The molecule has 0 aliphatic rings. The van der Waals surface area contributed by atoms with Crippen molar-refractivity contribution in [2.75, 3.05) is 6.61 Å². The molecule has 0 rings (SSSR count). The molecule has 0 bridgehead atoms. The van der Waals surface area contributed by atoms with Crippen LogP contribution in [0.25, 0.3) is 0 Å². The van der Waals surface area contributed by atoms with E-state index in [-0.39, 0.29) is 6.61 Å². The van der Waals surface area contributed by atoms with E-state index < -0.39 is 11.7 Å². The first-order chi connectivity index (χ1) is 4.42. The molecule has 0 heterocycles. The molecule has 4 heteroatoms. The zero-order valence-electron chi connectivity index (χ0n) is 6.26. The highest BCUT2D eigenvalue weighted by Gasteiger charge is 2.12. The first-order valence-electron chi connectivity index (χ1n) is 3.06. The second-order valence-electron chi connectivity index (χ2n) is 2.73. The number of amides is 1. The molecular formula is C6H13NO3. The molecule has 0 aromatic carbocycles. The van der Waals surface area contributed by atoms with Gasteiger partial charge >= 0.3 is 6.09 Å². The van der Waals surface area contributed by atoms with Crippen LogP contribution in [-0.2, 0) is 4.74 Å². The van der Waals surface area contributed by atoms with Gasteiger partial charge in [0.15, 0.2) is 0 Å². The van der Waals surface area contributed by atoms with Gasteiger partial charge in [-0.2, -0.15) is 0 Å². The van der Waals surface area contributed by atoms with E-state index in [9.17, 15) is 4.79 Å². The van der Waals surface area contributed by atoms with Crippen molar-refractivity contribution in [1.29, 1.82) is 0 Å². The Labute approximate surface area is 60.0 Å². The predicted octanol–water partition coefficient (Wildman–Crippen LogP) is 0.243. The number of rotatable bonds is 3. The van der Waals surface area contributed by atoms with Crippen molar-refractivity contribution in [3.8, 4) is 0 Å². The summed E-state index contributed by atoms with van der Waals surface area (Å²) in [7, 11) is 0. The maximum Gasteiger partial charge on any atom is 0.404 e. The second kappa shape index (κ2) is 3.41. The van der Waals surface area contributed by atoms with Crippen LogP contribution in [0, 0.1) is 0 Å². The Morgan fingerprint density at radius 1 is 1.70 bits per heavy atom. The standard InChI is InChI=1S/C6H13NO3/c1-6(2,9)3-4-10-5(7)8/h9H,3-4H2,1-2H3,(H2,7,8). The molecule has 0 spiro atoms. The summed E-state index contributed by atoms with van der Waals surface area (Å²) in [5.41, 5.74) is 3.88. The number of carbonyl (C=O) groups is 1. The lowest BCUT2D eigenvalue weighted by molar-refractivity contribution is 0.0461. The Morgan fingerprint density at radius 3 is 2.50 bits per heavy atom. The molecule has 10 heavy (non-hydrogen) atoms. The Balaban J connectivity index is 3.29. The van der Waals surface area contributed by atoms with Crippen molar-refractivity contribution in [2.45, 2.75) is 25.9 Å². The highest BCUT2D eigenvalue weighted by molar-refractivity contribution is 5.64. The molecule has 0 unspecified atom stereocenters. The normalized spacial score (nSPS) is 11.1. The van der Waals surface area contributed by atoms with Gasteiger partial charge in [-0.15, -0.1) is 0 Å². The fraction of sp³-hybridized carbons (Fsp3) is 0.833. The monoisotopic (exact) mass is 147 g/mol. The number of carbonyl (C=O) groups excluding carboxylic acids is 1. The molecule has 0 aromatic rings. The topological polar surface area (TPSA) is 72.6 Å². The number of hydrogen-bond donors (Lipinski definition) is 2. The Kier molecular flexibility index (Phi) is 3.15. The van der Waals surface area contributed by atoms with Gasteiger partial charge in [0, 0.05) is 6.42 Å². The smallest absolute Gasteiger partial charge is 0.404 e. The molecular weight excluding hydrogens is 134 g/mol. The van der Waals surface area contributed by atoms with Crippen LogP contribution in [0.3, 0.4) is 0 Å². The van der Waals surface area contributed by atoms with E-state index in [0.29, 0.717) is 6.42 Å². The molecule has 0 aromatic heterocycles. The molecule has 0 aliphatic carbocycles. The summed E-state index contributed by atoms with van der Waals surface area (Å²) in [6.07, 6.45) is -0.403. The van der Waals surface area contributed by atoms with Gasteiger partial charge < -0.3 is 15.6 Å². The third kappa shape index (κ3) is 7.23. The SMILES string of the molecule is CC(C)(O)CCOC(N)=O. The van der Waals surface area contributed by atoms with E-state index in [1.165, 1.54) is 0 Å². The van der Waals surface area contributed by atoms with Gasteiger partial charge in [-0.3, -0.25) is 0 Å². The average Bonchev–Trinajstić information content (AvgIpc) is 1.59. The lowest BCUT2D eigenvalue weighted by Crippen LogP contribution is -2.23. The van der Waals surface area contributed by atoms with E-state index >= 15 is 0 Å². The van der Waals surface area contributed by atoms with Gasteiger partial charge in [0.25, 0.3) is 0 Å². The van der Waals surface area contributed by atoms with Crippen molar-refractivity contribution in [3.05, 3.63) is 0 Å². The quantitative estimate of drug-likeness (QED) is 0.600. The van der Waals surface area contributed by atoms with Crippen LogP contribution in [0.15, 0.2) is 0 Å². The first-order valence-corrected chi connectivity index (χ1v) is 3.06. The van der Waals surface area contributed by atoms with E-state index in [1.807, 2.05) is 0 Å². The summed E-state index contributed by atoms with van der Waals surface area (Å²) in [5.74, 6) is 0. The van der Waals surface area contributed by atoms with Gasteiger partial charge in [0.2, 0.25) is 0 Å². The van der Waals surface area contributed by atoms with Crippen LogP contribution in [0.1, 0.15) is 20.3 Å². The number of nitrogens with two attached hydrogens (primary N) is 1. The van der Waals surface area contributed by atoms with Crippen LogP contribution in [0.2, 0.25) is 0 Å². The Hall–Kier alpha value is -0.770. The molecule has 0 saturated carbocycles. The van der Waals surface area contributed by atoms with Crippen LogP contribution >= 0.6 is 0 Å². The Bertz CT molecular complexity index is 117. The molecule has 3 N–H and O–H groups in total. The number of hydrogen-bond acceptors (Lipinski definition) is 3. The number of ether oxygens (including phenoxy) is 1. The third-order valence-corrected chi connectivity index (χ3v) is 0.958.